The quantitative estimate of drug-likeness (QED) is 0.0777. The molecule has 3 atom stereocenters. The third kappa shape index (κ3) is 24.0. The van der Waals surface area contributed by atoms with E-state index in [2.05, 4.69) is 9.98 Å². The highest BCUT2D eigenvalue weighted by molar-refractivity contribution is 6.92. The van der Waals surface area contributed by atoms with E-state index in [1.165, 1.54) is 0 Å². The standard InChI is InChI=1S/2C6H14N4O2.H3N.H3P/c2*7-4(5(11)12)2-1-3-10-6(8)9;;/h2*4H,1-3,7H2,(H,11,12)(H4,8,9,10);2*1H3. The second-order valence-corrected chi connectivity index (χ2v) is 4.79. The van der Waals surface area contributed by atoms with E-state index in [1.807, 2.05) is 0 Å². The van der Waals surface area contributed by atoms with E-state index in [0.717, 1.165) is 0 Å². The van der Waals surface area contributed by atoms with Crippen LogP contribution in [0.3, 0.4) is 0 Å². The Labute approximate surface area is 155 Å². The van der Waals surface area contributed by atoms with Gasteiger partial charge >= 0.3 is 11.9 Å². The topological polar surface area (TPSA) is 290 Å². The SMILES string of the molecule is N.NC(N)=NCCCC(N)C(=O)O.NC(N)=NCCCC(N)C(=O)O.P. The van der Waals surface area contributed by atoms with Gasteiger partial charge in [-0.3, -0.25) is 19.6 Å². The molecule has 17 N–H and O–H groups in total. The summed E-state index contributed by atoms with van der Waals surface area (Å²) in [6.07, 6.45) is 1.91. The molecule has 0 saturated heterocycles. The summed E-state index contributed by atoms with van der Waals surface area (Å²) in [7, 11) is 0. The number of hydrogen-bond donors (Lipinski definition) is 9. The van der Waals surface area contributed by atoms with Gasteiger partial charge in [0.25, 0.3) is 0 Å². The van der Waals surface area contributed by atoms with Crippen LogP contribution in [0.25, 0.3) is 0 Å². The molecular formula is C12H34N9O4P. The summed E-state index contributed by atoms with van der Waals surface area (Å²) in [5, 5.41) is 16.8. The first-order valence-corrected chi connectivity index (χ1v) is 7.15. The fourth-order valence-electron chi connectivity index (χ4n) is 1.29. The lowest BCUT2D eigenvalue weighted by Gasteiger charge is -2.03. The molecule has 0 fully saturated rings. The first-order chi connectivity index (χ1) is 11.1. The molecule has 0 amide bonds. The van der Waals surface area contributed by atoms with Gasteiger partial charge < -0.3 is 50.8 Å². The van der Waals surface area contributed by atoms with Crippen molar-refractivity contribution in [3.05, 3.63) is 0 Å². The van der Waals surface area contributed by atoms with Gasteiger partial charge in [-0.1, -0.05) is 0 Å². The lowest BCUT2D eigenvalue weighted by atomic mass is 10.2. The van der Waals surface area contributed by atoms with Crippen LogP contribution >= 0.6 is 9.90 Å². The molecule has 13 nitrogen and oxygen atoms in total. The average Bonchev–Trinajstić information content (AvgIpc) is 2.47. The van der Waals surface area contributed by atoms with Crippen molar-refractivity contribution in [2.45, 2.75) is 37.8 Å². The van der Waals surface area contributed by atoms with Crippen LogP contribution in [0.15, 0.2) is 9.98 Å². The van der Waals surface area contributed by atoms with Crippen molar-refractivity contribution in [3.63, 3.8) is 0 Å². The van der Waals surface area contributed by atoms with Crippen molar-refractivity contribution >= 4 is 33.8 Å². The lowest BCUT2D eigenvalue weighted by Crippen LogP contribution is -2.30. The van der Waals surface area contributed by atoms with Crippen LogP contribution in [-0.4, -0.2) is 59.2 Å². The fraction of sp³-hybridized carbons (Fsp3) is 0.667. The molecule has 0 aliphatic carbocycles. The molecule has 0 aromatic rings. The number of hydrogen-bond acceptors (Lipinski definition) is 7. The predicted molar refractivity (Wildman–Crippen MR) is 107 cm³/mol. The maximum absolute atomic E-state index is 10.2. The predicted octanol–water partition coefficient (Wildman–Crippen LogP) is -2.88. The molecule has 0 aromatic carbocycles. The zero-order valence-corrected chi connectivity index (χ0v) is 16.3. The summed E-state index contributed by atoms with van der Waals surface area (Å²) in [6, 6.07) is -1.64. The third-order valence-corrected chi connectivity index (χ3v) is 2.57. The zero-order valence-electron chi connectivity index (χ0n) is 14.9. The van der Waals surface area contributed by atoms with Gasteiger partial charge in [0.1, 0.15) is 12.1 Å². The first-order valence-electron chi connectivity index (χ1n) is 7.15. The number of guanidine groups is 2. The van der Waals surface area contributed by atoms with Crippen molar-refractivity contribution in [1.82, 2.24) is 6.15 Å². The van der Waals surface area contributed by atoms with Crippen LogP contribution in [0.5, 0.6) is 0 Å². The number of rotatable bonds is 10. The lowest BCUT2D eigenvalue weighted by molar-refractivity contribution is -0.139. The van der Waals surface area contributed by atoms with E-state index in [0.29, 0.717) is 38.8 Å². The van der Waals surface area contributed by atoms with E-state index < -0.39 is 24.0 Å². The Hall–Kier alpha value is -2.21. The second-order valence-electron chi connectivity index (χ2n) is 4.79. The molecule has 0 saturated carbocycles. The Bertz CT molecular complexity index is 400. The minimum Gasteiger partial charge on any atom is -0.480 e. The molecule has 0 radical (unpaired) electrons. The molecule has 0 bridgehead atoms. The van der Waals surface area contributed by atoms with Crippen LogP contribution in [0, 0.1) is 0 Å². The van der Waals surface area contributed by atoms with Gasteiger partial charge in [-0.2, -0.15) is 9.90 Å². The molecule has 3 unspecified atom stereocenters. The van der Waals surface area contributed by atoms with Crippen molar-refractivity contribution in [2.24, 2.45) is 44.4 Å². The Morgan fingerprint density at radius 2 is 1.04 bits per heavy atom. The highest BCUT2D eigenvalue weighted by Gasteiger charge is 2.10. The van der Waals surface area contributed by atoms with E-state index in [-0.39, 0.29) is 28.0 Å². The van der Waals surface area contributed by atoms with Crippen LogP contribution in [0.2, 0.25) is 0 Å². The number of aliphatic imine (C=N–C) groups is 2. The number of carboxylic acid groups (broad SMARTS) is 2. The van der Waals surface area contributed by atoms with E-state index in [9.17, 15) is 9.59 Å². The first kappa shape index (κ1) is 31.5. The third-order valence-electron chi connectivity index (χ3n) is 2.57. The minimum absolute atomic E-state index is 0. The summed E-state index contributed by atoms with van der Waals surface area (Å²) in [4.78, 5) is 27.8. The maximum atomic E-state index is 10.2. The number of aliphatic carboxylic acids is 2. The van der Waals surface area contributed by atoms with Gasteiger partial charge in [-0.25, -0.2) is 0 Å². The van der Waals surface area contributed by atoms with E-state index in [4.69, 9.17) is 44.6 Å². The summed E-state index contributed by atoms with van der Waals surface area (Å²) in [5.74, 6) is -1.97. The van der Waals surface area contributed by atoms with Gasteiger partial charge in [0.2, 0.25) is 0 Å². The Morgan fingerprint density at radius 3 is 1.23 bits per heavy atom. The highest BCUT2D eigenvalue weighted by atomic mass is 31.0. The molecule has 0 heterocycles. The molecule has 26 heavy (non-hydrogen) atoms. The van der Waals surface area contributed by atoms with Crippen LogP contribution in [-0.2, 0) is 9.59 Å². The Morgan fingerprint density at radius 1 is 0.769 bits per heavy atom. The maximum Gasteiger partial charge on any atom is 0.320 e. The summed E-state index contributed by atoms with van der Waals surface area (Å²) >= 11 is 0. The molecule has 0 aliphatic rings. The molecule has 0 rings (SSSR count). The zero-order chi connectivity index (χ0) is 19.1. The number of nitrogens with zero attached hydrogens (tertiary/aromatic N) is 2. The van der Waals surface area contributed by atoms with Gasteiger partial charge in [0.05, 0.1) is 0 Å². The Kier molecular flexibility index (Phi) is 23.2. The van der Waals surface area contributed by atoms with Gasteiger partial charge in [0, 0.05) is 13.1 Å². The number of nitrogens with two attached hydrogens (primary N) is 6. The summed E-state index contributed by atoms with van der Waals surface area (Å²) in [6.45, 7) is 0.840. The summed E-state index contributed by atoms with van der Waals surface area (Å²) < 4.78 is 0. The van der Waals surface area contributed by atoms with Crippen molar-refractivity contribution in [2.75, 3.05) is 13.1 Å². The normalized spacial score (nSPS) is 11.2. The van der Waals surface area contributed by atoms with Crippen molar-refractivity contribution in [3.8, 4) is 0 Å². The molecule has 0 aliphatic heterocycles. The molecule has 0 aromatic heterocycles. The molecule has 156 valence electrons. The second kappa shape index (κ2) is 19.1. The van der Waals surface area contributed by atoms with Gasteiger partial charge in [-0.15, -0.1) is 0 Å². The van der Waals surface area contributed by atoms with Crippen LogP contribution < -0.4 is 40.6 Å². The average molecular weight is 399 g/mol. The van der Waals surface area contributed by atoms with Crippen LogP contribution in [0.4, 0.5) is 0 Å². The van der Waals surface area contributed by atoms with Crippen molar-refractivity contribution in [1.29, 1.82) is 0 Å². The van der Waals surface area contributed by atoms with Gasteiger partial charge in [0.15, 0.2) is 11.9 Å². The number of carbonyl (C=O) groups is 2. The minimum atomic E-state index is -1.00. The molecule has 0 spiro atoms. The monoisotopic (exact) mass is 399 g/mol. The van der Waals surface area contributed by atoms with Crippen molar-refractivity contribution < 1.29 is 19.8 Å². The van der Waals surface area contributed by atoms with Crippen LogP contribution in [0.1, 0.15) is 25.7 Å². The largest absolute Gasteiger partial charge is 0.480 e. The Balaban J connectivity index is -0.000000173. The molecular weight excluding hydrogens is 365 g/mol. The smallest absolute Gasteiger partial charge is 0.320 e. The molecule has 14 heteroatoms. The number of carboxylic acids is 2. The highest BCUT2D eigenvalue weighted by Crippen LogP contribution is 1.95. The summed E-state index contributed by atoms with van der Waals surface area (Å²) in [5.41, 5.74) is 30.6. The van der Waals surface area contributed by atoms with E-state index in [1.54, 1.807) is 0 Å². The van der Waals surface area contributed by atoms with E-state index >= 15 is 0 Å². The fourth-order valence-corrected chi connectivity index (χ4v) is 1.29. The van der Waals surface area contributed by atoms with Gasteiger partial charge in [-0.05, 0) is 25.7 Å².